The van der Waals surface area contributed by atoms with Gasteiger partial charge in [-0.3, -0.25) is 4.98 Å². The van der Waals surface area contributed by atoms with Crippen molar-refractivity contribution in [1.82, 2.24) is 4.98 Å². The second kappa shape index (κ2) is 2.95. The highest BCUT2D eigenvalue weighted by Crippen LogP contribution is 2.13. The minimum Gasteiger partial charge on any atom is -0.258 e. The Morgan fingerprint density at radius 2 is 1.91 bits per heavy atom. The summed E-state index contributed by atoms with van der Waals surface area (Å²) in [6, 6.07) is 1.12. The van der Waals surface area contributed by atoms with Gasteiger partial charge in [-0.15, -0.1) is 0 Å². The van der Waals surface area contributed by atoms with Crippen LogP contribution in [0.3, 0.4) is 0 Å². The second-order valence-electron chi connectivity index (χ2n) is 2.68. The molecule has 0 radical (unpaired) electrons. The van der Waals surface area contributed by atoms with Crippen molar-refractivity contribution in [3.63, 3.8) is 0 Å². The molecule has 0 spiro atoms. The molecule has 0 amide bonds. The summed E-state index contributed by atoms with van der Waals surface area (Å²) < 4.78 is 24.8. The van der Waals surface area contributed by atoms with E-state index in [9.17, 15) is 8.78 Å². The van der Waals surface area contributed by atoms with Crippen molar-refractivity contribution < 1.29 is 8.78 Å². The molecule has 1 aromatic heterocycles. The quantitative estimate of drug-likeness (QED) is 0.610. The van der Waals surface area contributed by atoms with E-state index in [2.05, 4.69) is 4.98 Å². The molecule has 1 aromatic rings. The smallest absolute Gasteiger partial charge is 0.177 e. The lowest BCUT2D eigenvalue weighted by Gasteiger charge is -2.02. The zero-order valence-corrected chi connectivity index (χ0v) is 6.44. The molecule has 0 saturated carbocycles. The first-order valence-electron chi connectivity index (χ1n) is 3.42. The van der Waals surface area contributed by atoms with Gasteiger partial charge in [0.2, 0.25) is 0 Å². The summed E-state index contributed by atoms with van der Waals surface area (Å²) in [6.45, 7) is 3.75. The number of aromatic nitrogens is 1. The molecule has 60 valence electrons. The molecular weight excluding hydrogens is 148 g/mol. The van der Waals surface area contributed by atoms with Crippen LogP contribution in [0.1, 0.15) is 25.5 Å². The lowest BCUT2D eigenvalue weighted by atomic mass is 10.1. The minimum atomic E-state index is -0.894. The lowest BCUT2D eigenvalue weighted by molar-refractivity contribution is 0.499. The van der Waals surface area contributed by atoms with E-state index in [0.29, 0.717) is 5.69 Å². The van der Waals surface area contributed by atoms with Crippen LogP contribution >= 0.6 is 0 Å². The minimum absolute atomic E-state index is 0.130. The normalized spacial score (nSPS) is 10.6. The van der Waals surface area contributed by atoms with E-state index < -0.39 is 11.6 Å². The maximum absolute atomic E-state index is 12.5. The Kier molecular flexibility index (Phi) is 2.17. The molecule has 0 unspecified atom stereocenters. The molecule has 0 bridgehead atoms. The summed E-state index contributed by atoms with van der Waals surface area (Å²) in [6.07, 6.45) is 0.907. The molecule has 1 heterocycles. The number of hydrogen-bond acceptors (Lipinski definition) is 1. The van der Waals surface area contributed by atoms with Crippen molar-refractivity contribution >= 4 is 0 Å². The van der Waals surface area contributed by atoms with Crippen LogP contribution in [-0.2, 0) is 0 Å². The van der Waals surface area contributed by atoms with E-state index in [1.807, 2.05) is 13.8 Å². The Hall–Kier alpha value is -0.990. The zero-order valence-electron chi connectivity index (χ0n) is 6.44. The summed E-state index contributed by atoms with van der Waals surface area (Å²) in [4.78, 5) is 3.72. The topological polar surface area (TPSA) is 12.9 Å². The predicted molar refractivity (Wildman–Crippen MR) is 38.2 cm³/mol. The molecule has 0 aromatic carbocycles. The molecule has 0 aliphatic rings. The highest BCUT2D eigenvalue weighted by Gasteiger charge is 2.05. The molecule has 0 atom stereocenters. The van der Waals surface area contributed by atoms with Crippen molar-refractivity contribution in [3.05, 3.63) is 29.6 Å². The summed E-state index contributed by atoms with van der Waals surface area (Å²) in [5.41, 5.74) is 0.573. The van der Waals surface area contributed by atoms with Crippen LogP contribution in [0.25, 0.3) is 0 Å². The fourth-order valence-electron chi connectivity index (χ4n) is 0.745. The van der Waals surface area contributed by atoms with E-state index >= 15 is 0 Å². The second-order valence-corrected chi connectivity index (χ2v) is 2.68. The number of nitrogens with zero attached hydrogens (tertiary/aromatic N) is 1. The van der Waals surface area contributed by atoms with Gasteiger partial charge in [0, 0.05) is 5.69 Å². The SMILES string of the molecule is CC(C)c1cc(F)c(F)cn1. The summed E-state index contributed by atoms with van der Waals surface area (Å²) >= 11 is 0. The van der Waals surface area contributed by atoms with Gasteiger partial charge in [-0.2, -0.15) is 0 Å². The van der Waals surface area contributed by atoms with Gasteiger partial charge in [0.15, 0.2) is 11.6 Å². The predicted octanol–water partition coefficient (Wildman–Crippen LogP) is 2.48. The Balaban J connectivity index is 3.05. The third kappa shape index (κ3) is 1.73. The van der Waals surface area contributed by atoms with Crippen LogP contribution in [0.2, 0.25) is 0 Å². The van der Waals surface area contributed by atoms with Gasteiger partial charge in [-0.05, 0) is 12.0 Å². The van der Waals surface area contributed by atoms with Crippen LogP contribution in [0.4, 0.5) is 8.78 Å². The number of pyridine rings is 1. The van der Waals surface area contributed by atoms with Crippen molar-refractivity contribution in [2.45, 2.75) is 19.8 Å². The average molecular weight is 157 g/mol. The first-order chi connectivity index (χ1) is 5.11. The molecule has 1 nitrogen and oxygen atoms in total. The van der Waals surface area contributed by atoms with Gasteiger partial charge in [-0.25, -0.2) is 8.78 Å². The van der Waals surface area contributed by atoms with Crippen molar-refractivity contribution in [3.8, 4) is 0 Å². The Bertz CT molecular complexity index is 258. The van der Waals surface area contributed by atoms with Gasteiger partial charge in [-0.1, -0.05) is 13.8 Å². The van der Waals surface area contributed by atoms with Gasteiger partial charge >= 0.3 is 0 Å². The standard InChI is InChI=1S/C8H9F2N/c1-5(2)8-3-6(9)7(10)4-11-8/h3-5H,1-2H3. The van der Waals surface area contributed by atoms with E-state index in [0.717, 1.165) is 12.3 Å². The van der Waals surface area contributed by atoms with Crippen LogP contribution in [-0.4, -0.2) is 4.98 Å². The maximum Gasteiger partial charge on any atom is 0.177 e. The van der Waals surface area contributed by atoms with Crippen LogP contribution < -0.4 is 0 Å². The van der Waals surface area contributed by atoms with Crippen LogP contribution in [0, 0.1) is 11.6 Å². The maximum atomic E-state index is 12.5. The van der Waals surface area contributed by atoms with Crippen molar-refractivity contribution in [2.75, 3.05) is 0 Å². The first kappa shape index (κ1) is 8.11. The first-order valence-corrected chi connectivity index (χ1v) is 3.42. The van der Waals surface area contributed by atoms with E-state index in [-0.39, 0.29) is 5.92 Å². The average Bonchev–Trinajstić information content (AvgIpc) is 1.94. The molecule has 11 heavy (non-hydrogen) atoms. The highest BCUT2D eigenvalue weighted by molar-refractivity contribution is 5.10. The molecule has 0 fully saturated rings. The number of rotatable bonds is 1. The summed E-state index contributed by atoms with van der Waals surface area (Å²) in [5, 5.41) is 0. The largest absolute Gasteiger partial charge is 0.258 e. The molecule has 0 saturated heterocycles. The van der Waals surface area contributed by atoms with Gasteiger partial charge in [0.05, 0.1) is 6.20 Å². The Morgan fingerprint density at radius 3 is 2.36 bits per heavy atom. The Morgan fingerprint density at radius 1 is 1.27 bits per heavy atom. The van der Waals surface area contributed by atoms with Crippen LogP contribution in [0.15, 0.2) is 12.3 Å². The highest BCUT2D eigenvalue weighted by atomic mass is 19.2. The van der Waals surface area contributed by atoms with E-state index in [4.69, 9.17) is 0 Å². The fraction of sp³-hybridized carbons (Fsp3) is 0.375. The molecule has 0 N–H and O–H groups in total. The lowest BCUT2D eigenvalue weighted by Crippen LogP contribution is -1.95. The monoisotopic (exact) mass is 157 g/mol. The van der Waals surface area contributed by atoms with Gasteiger partial charge in [0.25, 0.3) is 0 Å². The fourth-order valence-corrected chi connectivity index (χ4v) is 0.745. The molecule has 3 heteroatoms. The molecule has 1 rings (SSSR count). The molecule has 0 aliphatic heterocycles. The van der Waals surface area contributed by atoms with Gasteiger partial charge < -0.3 is 0 Å². The van der Waals surface area contributed by atoms with E-state index in [1.165, 1.54) is 0 Å². The summed E-state index contributed by atoms with van der Waals surface area (Å²) in [5.74, 6) is -1.59. The molecular formula is C8H9F2N. The third-order valence-corrected chi connectivity index (χ3v) is 1.42. The zero-order chi connectivity index (χ0) is 8.43. The third-order valence-electron chi connectivity index (χ3n) is 1.42. The van der Waals surface area contributed by atoms with Gasteiger partial charge in [0.1, 0.15) is 0 Å². The molecule has 0 aliphatic carbocycles. The van der Waals surface area contributed by atoms with Crippen LogP contribution in [0.5, 0.6) is 0 Å². The Labute approximate surface area is 64.1 Å². The van der Waals surface area contributed by atoms with Crippen molar-refractivity contribution in [1.29, 1.82) is 0 Å². The van der Waals surface area contributed by atoms with Crippen molar-refractivity contribution in [2.24, 2.45) is 0 Å². The number of halogens is 2. The summed E-state index contributed by atoms with van der Waals surface area (Å²) in [7, 11) is 0. The van der Waals surface area contributed by atoms with E-state index in [1.54, 1.807) is 0 Å². The number of hydrogen-bond donors (Lipinski definition) is 0.